The van der Waals surface area contributed by atoms with Crippen LogP contribution in [0.25, 0.3) is 10.9 Å². The number of H-pyrrole nitrogens is 1. The second-order valence-corrected chi connectivity index (χ2v) is 6.75. The molecule has 24 heavy (non-hydrogen) atoms. The molecule has 5 nitrogen and oxygen atoms in total. The first-order chi connectivity index (χ1) is 11.7. The highest BCUT2D eigenvalue weighted by molar-refractivity contribution is 8.00. The van der Waals surface area contributed by atoms with Crippen LogP contribution in [0.4, 0.5) is 0 Å². The highest BCUT2D eigenvalue weighted by Gasteiger charge is 2.15. The number of pyridine rings is 1. The topological polar surface area (TPSA) is 67.0 Å². The third-order valence-corrected chi connectivity index (χ3v) is 4.69. The van der Waals surface area contributed by atoms with Crippen LogP contribution in [0.2, 0.25) is 0 Å². The summed E-state index contributed by atoms with van der Waals surface area (Å²) in [6.45, 7) is 2.34. The first-order valence-corrected chi connectivity index (χ1v) is 8.54. The molecule has 1 amide bonds. The molecule has 0 radical (unpaired) electrons. The zero-order valence-electron chi connectivity index (χ0n) is 13.6. The van der Waals surface area contributed by atoms with E-state index in [0.29, 0.717) is 6.54 Å². The van der Waals surface area contributed by atoms with Crippen molar-refractivity contribution in [3.05, 3.63) is 54.4 Å². The number of aromatic amines is 1. The predicted octanol–water partition coefficient (Wildman–Crippen LogP) is 3.37. The number of carbonyl (C=O) groups is 1. The number of nitrogens with zero attached hydrogens (tertiary/aromatic N) is 1. The highest BCUT2D eigenvalue weighted by atomic mass is 32.2. The molecule has 6 heteroatoms. The number of aromatic nitrogens is 2. The van der Waals surface area contributed by atoms with Crippen molar-refractivity contribution in [2.24, 2.45) is 0 Å². The van der Waals surface area contributed by atoms with Gasteiger partial charge < -0.3 is 15.0 Å². The number of methoxy groups -OCH3 is 1. The molecule has 2 heterocycles. The van der Waals surface area contributed by atoms with Crippen LogP contribution < -0.4 is 10.1 Å². The average Bonchev–Trinajstić information content (AvgIpc) is 3.02. The molecule has 124 valence electrons. The normalized spacial score (nSPS) is 12.1. The molecule has 0 aliphatic heterocycles. The van der Waals surface area contributed by atoms with Gasteiger partial charge >= 0.3 is 0 Å². The summed E-state index contributed by atoms with van der Waals surface area (Å²) in [4.78, 5) is 19.8. The Labute approximate surface area is 144 Å². The van der Waals surface area contributed by atoms with Gasteiger partial charge in [0.25, 0.3) is 0 Å². The fraction of sp³-hybridized carbons (Fsp3) is 0.222. The molecule has 0 fully saturated rings. The number of rotatable bonds is 6. The lowest BCUT2D eigenvalue weighted by atomic mass is 10.2. The van der Waals surface area contributed by atoms with Crippen LogP contribution in [0, 0.1) is 0 Å². The van der Waals surface area contributed by atoms with E-state index in [0.717, 1.165) is 27.4 Å². The van der Waals surface area contributed by atoms with E-state index in [1.165, 1.54) is 11.8 Å². The number of thioether (sulfide) groups is 1. The molecule has 0 saturated heterocycles. The number of carbonyl (C=O) groups excluding carboxylic acids is 1. The van der Waals surface area contributed by atoms with Crippen molar-refractivity contribution in [2.75, 3.05) is 7.11 Å². The standard InChI is InChI=1S/C18H19N3O2S/c1-12(24-17-5-3-4-8-19-17)18(22)20-11-14-9-13-10-15(23-2)6-7-16(13)21-14/h3-10,12,21H,11H2,1-2H3,(H,20,22). The lowest BCUT2D eigenvalue weighted by molar-refractivity contribution is -0.120. The van der Waals surface area contributed by atoms with Crippen molar-refractivity contribution in [1.82, 2.24) is 15.3 Å². The van der Waals surface area contributed by atoms with Gasteiger partial charge in [-0.2, -0.15) is 0 Å². The third-order valence-electron chi connectivity index (χ3n) is 3.64. The highest BCUT2D eigenvalue weighted by Crippen LogP contribution is 2.22. The number of nitrogens with one attached hydrogen (secondary N) is 2. The Morgan fingerprint density at radius 1 is 1.33 bits per heavy atom. The summed E-state index contributed by atoms with van der Waals surface area (Å²) in [5.41, 5.74) is 1.98. The van der Waals surface area contributed by atoms with Crippen molar-refractivity contribution >= 4 is 28.6 Å². The maximum atomic E-state index is 12.2. The van der Waals surface area contributed by atoms with Gasteiger partial charge in [0.15, 0.2) is 0 Å². The van der Waals surface area contributed by atoms with Gasteiger partial charge in [-0.15, -0.1) is 0 Å². The second kappa shape index (κ2) is 7.40. The Morgan fingerprint density at radius 3 is 2.96 bits per heavy atom. The van der Waals surface area contributed by atoms with E-state index in [2.05, 4.69) is 15.3 Å². The lowest BCUT2D eigenvalue weighted by Crippen LogP contribution is -2.30. The van der Waals surface area contributed by atoms with Crippen LogP contribution in [0.15, 0.2) is 53.7 Å². The van der Waals surface area contributed by atoms with Crippen molar-refractivity contribution in [3.63, 3.8) is 0 Å². The predicted molar refractivity (Wildman–Crippen MR) is 96.3 cm³/mol. The van der Waals surface area contributed by atoms with Crippen LogP contribution in [0.3, 0.4) is 0 Å². The summed E-state index contributed by atoms with van der Waals surface area (Å²) in [7, 11) is 1.65. The summed E-state index contributed by atoms with van der Waals surface area (Å²) >= 11 is 1.45. The summed E-state index contributed by atoms with van der Waals surface area (Å²) in [6, 6.07) is 13.6. The molecule has 3 rings (SSSR count). The number of ether oxygens (including phenoxy) is 1. The number of hydrogen-bond donors (Lipinski definition) is 2. The Hall–Kier alpha value is -2.47. The van der Waals surface area contributed by atoms with Crippen molar-refractivity contribution in [2.45, 2.75) is 23.7 Å². The number of amides is 1. The molecule has 3 aromatic rings. The molecule has 0 aliphatic carbocycles. The fourth-order valence-corrected chi connectivity index (χ4v) is 3.20. The van der Waals surface area contributed by atoms with Crippen LogP contribution in [0.1, 0.15) is 12.6 Å². The largest absolute Gasteiger partial charge is 0.497 e. The van der Waals surface area contributed by atoms with Crippen LogP contribution in [0.5, 0.6) is 5.75 Å². The van der Waals surface area contributed by atoms with Gasteiger partial charge in [-0.3, -0.25) is 4.79 Å². The fourth-order valence-electron chi connectivity index (χ4n) is 2.37. The van der Waals surface area contributed by atoms with Gasteiger partial charge in [-0.05, 0) is 43.3 Å². The van der Waals surface area contributed by atoms with E-state index in [4.69, 9.17) is 4.74 Å². The Kier molecular flexibility index (Phi) is 5.05. The molecular formula is C18H19N3O2S. The van der Waals surface area contributed by atoms with Crippen LogP contribution in [-0.2, 0) is 11.3 Å². The molecule has 0 aliphatic rings. The Bertz CT molecular complexity index is 833. The average molecular weight is 341 g/mol. The first kappa shape index (κ1) is 16.4. The maximum Gasteiger partial charge on any atom is 0.233 e. The minimum absolute atomic E-state index is 0.0121. The van der Waals surface area contributed by atoms with E-state index < -0.39 is 0 Å². The van der Waals surface area contributed by atoms with Gasteiger partial charge in [-0.1, -0.05) is 17.8 Å². The van der Waals surface area contributed by atoms with E-state index in [-0.39, 0.29) is 11.2 Å². The van der Waals surface area contributed by atoms with Crippen LogP contribution >= 0.6 is 11.8 Å². The smallest absolute Gasteiger partial charge is 0.233 e. The number of fused-ring (bicyclic) bond motifs is 1. The molecule has 0 saturated carbocycles. The zero-order chi connectivity index (χ0) is 16.9. The van der Waals surface area contributed by atoms with E-state index in [1.807, 2.05) is 49.4 Å². The van der Waals surface area contributed by atoms with Crippen molar-refractivity contribution < 1.29 is 9.53 Å². The molecule has 0 bridgehead atoms. The molecule has 0 spiro atoms. The van der Waals surface area contributed by atoms with Gasteiger partial charge in [0.2, 0.25) is 5.91 Å². The summed E-state index contributed by atoms with van der Waals surface area (Å²) in [5, 5.41) is 4.66. The SMILES string of the molecule is COc1ccc2[nH]c(CNC(=O)C(C)Sc3ccccn3)cc2c1. The monoisotopic (exact) mass is 341 g/mol. The Balaban J connectivity index is 1.59. The van der Waals surface area contributed by atoms with Crippen molar-refractivity contribution in [3.8, 4) is 5.75 Å². The molecule has 1 unspecified atom stereocenters. The van der Waals surface area contributed by atoms with Crippen LogP contribution in [-0.4, -0.2) is 28.2 Å². The summed E-state index contributed by atoms with van der Waals surface area (Å²) in [5.74, 6) is 0.805. The quantitative estimate of drug-likeness (QED) is 0.675. The molecule has 2 aromatic heterocycles. The summed E-state index contributed by atoms with van der Waals surface area (Å²) < 4.78 is 5.23. The molecular weight excluding hydrogens is 322 g/mol. The zero-order valence-corrected chi connectivity index (χ0v) is 14.4. The molecule has 1 aromatic carbocycles. The molecule has 1 atom stereocenters. The minimum Gasteiger partial charge on any atom is -0.497 e. The van der Waals surface area contributed by atoms with Gasteiger partial charge in [0.1, 0.15) is 5.75 Å². The minimum atomic E-state index is -0.204. The Morgan fingerprint density at radius 2 is 2.21 bits per heavy atom. The van der Waals surface area contributed by atoms with Gasteiger partial charge in [0, 0.05) is 22.8 Å². The molecule has 2 N–H and O–H groups in total. The lowest BCUT2D eigenvalue weighted by Gasteiger charge is -2.10. The number of benzene rings is 1. The maximum absolute atomic E-state index is 12.2. The number of hydrogen-bond acceptors (Lipinski definition) is 4. The summed E-state index contributed by atoms with van der Waals surface area (Å²) in [6.07, 6.45) is 1.73. The first-order valence-electron chi connectivity index (χ1n) is 7.67. The van der Waals surface area contributed by atoms with Gasteiger partial charge in [-0.25, -0.2) is 4.98 Å². The third kappa shape index (κ3) is 3.89. The van der Waals surface area contributed by atoms with E-state index in [1.54, 1.807) is 13.3 Å². The second-order valence-electron chi connectivity index (χ2n) is 5.39. The van der Waals surface area contributed by atoms with E-state index >= 15 is 0 Å². The van der Waals surface area contributed by atoms with Gasteiger partial charge in [0.05, 0.1) is 23.9 Å². The van der Waals surface area contributed by atoms with Crippen molar-refractivity contribution in [1.29, 1.82) is 0 Å². The van der Waals surface area contributed by atoms with E-state index in [9.17, 15) is 4.79 Å².